The molecule has 0 spiro atoms. The third kappa shape index (κ3) is 2.52. The molecule has 0 saturated carbocycles. The molecule has 0 bridgehead atoms. The Bertz CT molecular complexity index is 838. The minimum absolute atomic E-state index is 0.209. The van der Waals surface area contributed by atoms with Gasteiger partial charge >= 0.3 is 0 Å². The standard InChI is InChI=1S/C19H17N3O/c23-16-8-4-7-15-17(16)19(21-14-5-2-1-3-6-14)18(22-15)13-9-11-20-12-10-13/h1-3,5-6,9-12,21-22H,4,7-8H2. The molecule has 0 fully saturated rings. The molecule has 0 amide bonds. The molecule has 0 unspecified atom stereocenters. The van der Waals surface area contributed by atoms with Crippen LogP contribution >= 0.6 is 0 Å². The molecule has 2 aromatic heterocycles. The molecule has 4 rings (SSSR count). The third-order valence-electron chi connectivity index (χ3n) is 4.20. The van der Waals surface area contributed by atoms with Crippen LogP contribution in [0.25, 0.3) is 11.3 Å². The van der Waals surface area contributed by atoms with E-state index in [1.54, 1.807) is 12.4 Å². The summed E-state index contributed by atoms with van der Waals surface area (Å²) in [4.78, 5) is 20.0. The molecule has 0 atom stereocenters. The molecule has 1 aromatic carbocycles. The number of anilines is 2. The van der Waals surface area contributed by atoms with E-state index >= 15 is 0 Å². The van der Waals surface area contributed by atoms with Gasteiger partial charge in [-0.15, -0.1) is 0 Å². The molecule has 4 nitrogen and oxygen atoms in total. The number of carbonyl (C=O) groups is 1. The first kappa shape index (κ1) is 13.8. The summed E-state index contributed by atoms with van der Waals surface area (Å²) in [6.45, 7) is 0. The molecule has 0 aliphatic heterocycles. The number of para-hydroxylation sites is 1. The Morgan fingerprint density at radius 3 is 2.57 bits per heavy atom. The topological polar surface area (TPSA) is 57.8 Å². The summed E-state index contributed by atoms with van der Waals surface area (Å²) in [5.41, 5.74) is 5.68. The summed E-state index contributed by atoms with van der Waals surface area (Å²) in [5, 5.41) is 3.44. The number of hydrogen-bond donors (Lipinski definition) is 2. The van der Waals surface area contributed by atoms with Crippen molar-refractivity contribution >= 4 is 17.2 Å². The van der Waals surface area contributed by atoms with Crippen molar-refractivity contribution in [3.05, 3.63) is 66.1 Å². The number of rotatable bonds is 3. The Hall–Kier alpha value is -2.88. The van der Waals surface area contributed by atoms with E-state index in [0.717, 1.165) is 46.7 Å². The average molecular weight is 303 g/mol. The molecular weight excluding hydrogens is 286 g/mol. The number of nitrogens with one attached hydrogen (secondary N) is 2. The van der Waals surface area contributed by atoms with E-state index in [9.17, 15) is 4.79 Å². The molecule has 0 saturated heterocycles. The molecule has 0 radical (unpaired) electrons. The number of hydrogen-bond acceptors (Lipinski definition) is 3. The van der Waals surface area contributed by atoms with E-state index in [2.05, 4.69) is 15.3 Å². The molecule has 2 heterocycles. The molecule has 4 heteroatoms. The smallest absolute Gasteiger partial charge is 0.166 e. The van der Waals surface area contributed by atoms with Crippen molar-refractivity contribution in [2.45, 2.75) is 19.3 Å². The van der Waals surface area contributed by atoms with Gasteiger partial charge in [0.05, 0.1) is 16.9 Å². The second kappa shape index (κ2) is 5.72. The molecule has 23 heavy (non-hydrogen) atoms. The van der Waals surface area contributed by atoms with Crippen LogP contribution in [0.15, 0.2) is 54.9 Å². The highest BCUT2D eigenvalue weighted by Gasteiger charge is 2.26. The largest absolute Gasteiger partial charge is 0.356 e. The Morgan fingerprint density at radius 1 is 1.00 bits per heavy atom. The number of nitrogens with zero attached hydrogens (tertiary/aromatic N) is 1. The van der Waals surface area contributed by atoms with E-state index in [0.29, 0.717) is 6.42 Å². The molecule has 114 valence electrons. The summed E-state index contributed by atoms with van der Waals surface area (Å²) in [7, 11) is 0. The van der Waals surface area contributed by atoms with Gasteiger partial charge in [0, 0.05) is 35.8 Å². The summed E-state index contributed by atoms with van der Waals surface area (Å²) in [6.07, 6.45) is 5.97. The van der Waals surface area contributed by atoms with E-state index in [-0.39, 0.29) is 5.78 Å². The fraction of sp³-hybridized carbons (Fsp3) is 0.158. The first-order chi connectivity index (χ1) is 11.3. The van der Waals surface area contributed by atoms with Crippen LogP contribution < -0.4 is 5.32 Å². The van der Waals surface area contributed by atoms with Crippen molar-refractivity contribution in [1.29, 1.82) is 0 Å². The van der Waals surface area contributed by atoms with Gasteiger partial charge in [0.2, 0.25) is 0 Å². The van der Waals surface area contributed by atoms with Crippen LogP contribution in [0.3, 0.4) is 0 Å². The highest BCUT2D eigenvalue weighted by Crippen LogP contribution is 2.38. The number of H-pyrrole nitrogens is 1. The number of aromatic amines is 1. The lowest BCUT2D eigenvalue weighted by Gasteiger charge is -2.13. The summed E-state index contributed by atoms with van der Waals surface area (Å²) >= 11 is 0. The zero-order chi connectivity index (χ0) is 15.6. The van der Waals surface area contributed by atoms with Crippen molar-refractivity contribution in [2.24, 2.45) is 0 Å². The van der Waals surface area contributed by atoms with Crippen molar-refractivity contribution in [3.63, 3.8) is 0 Å². The Labute approximate surface area is 134 Å². The van der Waals surface area contributed by atoms with Gasteiger partial charge in [-0.05, 0) is 37.1 Å². The fourth-order valence-electron chi connectivity index (χ4n) is 3.12. The van der Waals surface area contributed by atoms with Gasteiger partial charge in [-0.25, -0.2) is 0 Å². The minimum atomic E-state index is 0.209. The molecule has 3 aromatic rings. The van der Waals surface area contributed by atoms with Crippen LogP contribution in [0.1, 0.15) is 28.9 Å². The first-order valence-corrected chi connectivity index (χ1v) is 7.83. The van der Waals surface area contributed by atoms with Gasteiger partial charge in [-0.1, -0.05) is 18.2 Å². The number of aryl methyl sites for hydroxylation is 1. The Kier molecular flexibility index (Phi) is 3.42. The molecule has 1 aliphatic rings. The number of Topliss-reactive ketones (excluding diaryl/α,β-unsaturated/α-hetero) is 1. The number of benzene rings is 1. The molecule has 2 N–H and O–H groups in total. The second-order valence-electron chi connectivity index (χ2n) is 5.73. The number of fused-ring (bicyclic) bond motifs is 1. The maximum Gasteiger partial charge on any atom is 0.166 e. The lowest BCUT2D eigenvalue weighted by atomic mass is 9.95. The van der Waals surface area contributed by atoms with Crippen LogP contribution in [0.2, 0.25) is 0 Å². The number of pyridine rings is 1. The highest BCUT2D eigenvalue weighted by molar-refractivity contribution is 6.07. The van der Waals surface area contributed by atoms with Crippen molar-refractivity contribution < 1.29 is 4.79 Å². The van der Waals surface area contributed by atoms with E-state index in [4.69, 9.17) is 0 Å². The van der Waals surface area contributed by atoms with Gasteiger partial charge < -0.3 is 10.3 Å². The summed E-state index contributed by atoms with van der Waals surface area (Å²) in [5.74, 6) is 0.209. The number of aromatic nitrogens is 2. The Balaban J connectivity index is 1.87. The Morgan fingerprint density at radius 2 is 1.78 bits per heavy atom. The quantitative estimate of drug-likeness (QED) is 0.756. The summed E-state index contributed by atoms with van der Waals surface area (Å²) < 4.78 is 0. The van der Waals surface area contributed by atoms with Crippen molar-refractivity contribution in [3.8, 4) is 11.3 Å². The van der Waals surface area contributed by atoms with Gasteiger partial charge in [-0.2, -0.15) is 0 Å². The minimum Gasteiger partial charge on any atom is -0.356 e. The summed E-state index contributed by atoms with van der Waals surface area (Å²) in [6, 6.07) is 13.9. The lowest BCUT2D eigenvalue weighted by molar-refractivity contribution is 0.0973. The van der Waals surface area contributed by atoms with Gasteiger partial charge in [0.25, 0.3) is 0 Å². The van der Waals surface area contributed by atoms with Gasteiger partial charge in [-0.3, -0.25) is 9.78 Å². The van der Waals surface area contributed by atoms with Crippen molar-refractivity contribution in [1.82, 2.24) is 9.97 Å². The molecule has 1 aliphatic carbocycles. The normalized spacial score (nSPS) is 13.7. The lowest BCUT2D eigenvalue weighted by Crippen LogP contribution is -2.10. The first-order valence-electron chi connectivity index (χ1n) is 7.83. The van der Waals surface area contributed by atoms with E-state index in [1.807, 2.05) is 42.5 Å². The number of ketones is 1. The SMILES string of the molecule is O=C1CCCc2[nH]c(-c3ccncc3)c(Nc3ccccc3)c21. The third-order valence-corrected chi connectivity index (χ3v) is 4.20. The maximum absolute atomic E-state index is 12.5. The second-order valence-corrected chi connectivity index (χ2v) is 5.73. The molecular formula is C19H17N3O. The van der Waals surface area contributed by atoms with E-state index < -0.39 is 0 Å². The van der Waals surface area contributed by atoms with Crippen LogP contribution in [-0.2, 0) is 6.42 Å². The predicted molar refractivity (Wildman–Crippen MR) is 91.0 cm³/mol. The van der Waals surface area contributed by atoms with E-state index in [1.165, 1.54) is 0 Å². The van der Waals surface area contributed by atoms with Crippen LogP contribution in [0, 0.1) is 0 Å². The van der Waals surface area contributed by atoms with Gasteiger partial charge in [0.15, 0.2) is 5.78 Å². The predicted octanol–water partition coefficient (Wildman–Crippen LogP) is 4.34. The zero-order valence-electron chi connectivity index (χ0n) is 12.7. The monoisotopic (exact) mass is 303 g/mol. The zero-order valence-corrected chi connectivity index (χ0v) is 12.7. The van der Waals surface area contributed by atoms with Crippen LogP contribution in [0.4, 0.5) is 11.4 Å². The van der Waals surface area contributed by atoms with Crippen LogP contribution in [0.5, 0.6) is 0 Å². The average Bonchev–Trinajstić information content (AvgIpc) is 2.96. The highest BCUT2D eigenvalue weighted by atomic mass is 16.1. The van der Waals surface area contributed by atoms with Crippen molar-refractivity contribution in [2.75, 3.05) is 5.32 Å². The van der Waals surface area contributed by atoms with Gasteiger partial charge in [0.1, 0.15) is 0 Å². The fourth-order valence-corrected chi connectivity index (χ4v) is 3.12. The van der Waals surface area contributed by atoms with Crippen LogP contribution in [-0.4, -0.2) is 15.8 Å². The maximum atomic E-state index is 12.5. The number of carbonyl (C=O) groups excluding carboxylic acids is 1.